The maximum atomic E-state index is 12.0. The molecule has 0 aliphatic heterocycles. The summed E-state index contributed by atoms with van der Waals surface area (Å²) in [5.41, 5.74) is 1.81. The molecule has 0 bridgehead atoms. The molecule has 2 rings (SSSR count). The van der Waals surface area contributed by atoms with Gasteiger partial charge in [-0.3, -0.25) is 0 Å². The molecule has 0 saturated carbocycles. The molecule has 0 aliphatic rings. The van der Waals surface area contributed by atoms with Gasteiger partial charge in [0.25, 0.3) is 0 Å². The highest BCUT2D eigenvalue weighted by molar-refractivity contribution is 5.83. The van der Waals surface area contributed by atoms with Crippen molar-refractivity contribution in [2.45, 2.75) is 25.4 Å². The lowest BCUT2D eigenvalue weighted by atomic mass is 10.1. The molecule has 5 nitrogen and oxygen atoms in total. The largest absolute Gasteiger partial charge is 0.480 e. The molecule has 23 heavy (non-hydrogen) atoms. The summed E-state index contributed by atoms with van der Waals surface area (Å²) >= 11 is 0. The van der Waals surface area contributed by atoms with Crippen LogP contribution in [0.5, 0.6) is 0 Å². The van der Waals surface area contributed by atoms with Crippen molar-refractivity contribution in [1.29, 1.82) is 0 Å². The maximum Gasteiger partial charge on any atom is 0.326 e. The van der Waals surface area contributed by atoms with Crippen molar-refractivity contribution >= 4 is 12.0 Å². The molecule has 2 aromatic rings. The number of nitrogens with one attached hydrogen (secondary N) is 2. The number of hydrogen-bond acceptors (Lipinski definition) is 2. The van der Waals surface area contributed by atoms with E-state index < -0.39 is 18.0 Å². The second kappa shape index (κ2) is 7.98. The second-order valence-electron chi connectivity index (χ2n) is 5.33. The van der Waals surface area contributed by atoms with Crippen LogP contribution in [0.15, 0.2) is 60.7 Å². The lowest BCUT2D eigenvalue weighted by Gasteiger charge is -2.18. The van der Waals surface area contributed by atoms with Gasteiger partial charge >= 0.3 is 12.0 Å². The highest BCUT2D eigenvalue weighted by Gasteiger charge is 2.21. The molecule has 0 heterocycles. The van der Waals surface area contributed by atoms with Gasteiger partial charge in [-0.1, -0.05) is 60.7 Å². The van der Waals surface area contributed by atoms with Crippen LogP contribution in [-0.2, 0) is 11.2 Å². The summed E-state index contributed by atoms with van der Waals surface area (Å²) in [6.45, 7) is 1.85. The Bertz CT molecular complexity index is 644. The van der Waals surface area contributed by atoms with Crippen LogP contribution in [0.4, 0.5) is 4.79 Å². The Morgan fingerprint density at radius 2 is 1.52 bits per heavy atom. The smallest absolute Gasteiger partial charge is 0.326 e. The standard InChI is InChI=1S/C18H20N2O3/c1-13(15-10-6-3-7-11-15)19-18(23)20-16(17(21)22)12-14-8-4-2-5-9-14/h2-11,13,16H,12H2,1H3,(H,21,22)(H2,19,20,23)/t13-,16-/m0/s1. The average molecular weight is 312 g/mol. The van der Waals surface area contributed by atoms with Crippen LogP contribution < -0.4 is 10.6 Å². The number of aliphatic carboxylic acids is 1. The van der Waals surface area contributed by atoms with Gasteiger partial charge in [0, 0.05) is 6.42 Å². The molecule has 2 atom stereocenters. The summed E-state index contributed by atoms with van der Waals surface area (Å²) in [7, 11) is 0. The molecule has 0 spiro atoms. The molecule has 0 radical (unpaired) electrons. The molecular formula is C18H20N2O3. The van der Waals surface area contributed by atoms with Gasteiger partial charge in [0.2, 0.25) is 0 Å². The number of carboxylic acid groups (broad SMARTS) is 1. The lowest BCUT2D eigenvalue weighted by Crippen LogP contribution is -2.47. The first-order valence-electron chi connectivity index (χ1n) is 7.45. The van der Waals surface area contributed by atoms with Gasteiger partial charge in [0.05, 0.1) is 6.04 Å². The van der Waals surface area contributed by atoms with Crippen LogP contribution in [0.3, 0.4) is 0 Å². The highest BCUT2D eigenvalue weighted by atomic mass is 16.4. The van der Waals surface area contributed by atoms with Crippen molar-refractivity contribution in [3.63, 3.8) is 0 Å². The second-order valence-corrected chi connectivity index (χ2v) is 5.33. The predicted molar refractivity (Wildman–Crippen MR) is 88.1 cm³/mol. The first-order chi connectivity index (χ1) is 11.1. The minimum atomic E-state index is -1.06. The predicted octanol–water partition coefficient (Wildman–Crippen LogP) is 2.74. The van der Waals surface area contributed by atoms with E-state index in [1.54, 1.807) is 0 Å². The molecule has 0 aliphatic carbocycles. The lowest BCUT2D eigenvalue weighted by molar-refractivity contribution is -0.139. The Hall–Kier alpha value is -2.82. The Morgan fingerprint density at radius 1 is 0.957 bits per heavy atom. The molecule has 3 N–H and O–H groups in total. The van der Waals surface area contributed by atoms with Crippen molar-refractivity contribution in [2.24, 2.45) is 0 Å². The molecule has 2 amide bonds. The van der Waals surface area contributed by atoms with Crippen molar-refractivity contribution in [1.82, 2.24) is 10.6 Å². The summed E-state index contributed by atoms with van der Waals surface area (Å²) in [6.07, 6.45) is 0.239. The van der Waals surface area contributed by atoms with Crippen LogP contribution in [0.25, 0.3) is 0 Å². The van der Waals surface area contributed by atoms with E-state index in [-0.39, 0.29) is 12.5 Å². The highest BCUT2D eigenvalue weighted by Crippen LogP contribution is 2.11. The Balaban J connectivity index is 1.94. The van der Waals surface area contributed by atoms with Crippen LogP contribution in [-0.4, -0.2) is 23.1 Å². The average Bonchev–Trinajstić information content (AvgIpc) is 2.56. The zero-order chi connectivity index (χ0) is 16.7. The van der Waals surface area contributed by atoms with E-state index >= 15 is 0 Å². The van der Waals surface area contributed by atoms with E-state index in [9.17, 15) is 14.7 Å². The molecule has 0 fully saturated rings. The number of carbonyl (C=O) groups excluding carboxylic acids is 1. The van der Waals surface area contributed by atoms with Gasteiger partial charge in [-0.15, -0.1) is 0 Å². The van der Waals surface area contributed by atoms with Crippen molar-refractivity contribution in [3.8, 4) is 0 Å². The van der Waals surface area contributed by atoms with E-state index in [2.05, 4.69) is 10.6 Å². The first-order valence-corrected chi connectivity index (χ1v) is 7.45. The number of hydrogen-bond donors (Lipinski definition) is 3. The van der Waals surface area contributed by atoms with Gasteiger partial charge in [-0.05, 0) is 18.1 Å². The third-order valence-electron chi connectivity index (χ3n) is 3.53. The van der Waals surface area contributed by atoms with Gasteiger partial charge in [0.1, 0.15) is 6.04 Å². The minimum absolute atomic E-state index is 0.206. The molecule has 0 aromatic heterocycles. The molecule has 5 heteroatoms. The Labute approximate surface area is 135 Å². The van der Waals surface area contributed by atoms with Crippen molar-refractivity contribution in [2.75, 3.05) is 0 Å². The van der Waals surface area contributed by atoms with E-state index in [1.165, 1.54) is 0 Å². The van der Waals surface area contributed by atoms with Gasteiger partial charge in [0.15, 0.2) is 0 Å². The zero-order valence-corrected chi connectivity index (χ0v) is 12.9. The van der Waals surface area contributed by atoms with Gasteiger partial charge < -0.3 is 15.7 Å². The fourth-order valence-electron chi connectivity index (χ4n) is 2.27. The van der Waals surface area contributed by atoms with Crippen LogP contribution in [0.1, 0.15) is 24.1 Å². The quantitative estimate of drug-likeness (QED) is 0.767. The fourth-order valence-corrected chi connectivity index (χ4v) is 2.27. The van der Waals surface area contributed by atoms with E-state index in [0.29, 0.717) is 0 Å². The van der Waals surface area contributed by atoms with Crippen LogP contribution >= 0.6 is 0 Å². The van der Waals surface area contributed by atoms with Crippen LogP contribution in [0.2, 0.25) is 0 Å². The topological polar surface area (TPSA) is 78.4 Å². The monoisotopic (exact) mass is 312 g/mol. The number of carbonyl (C=O) groups is 2. The summed E-state index contributed by atoms with van der Waals surface area (Å²) in [5, 5.41) is 14.6. The Kier molecular flexibility index (Phi) is 5.74. The maximum absolute atomic E-state index is 12.0. The number of amides is 2. The fraction of sp³-hybridized carbons (Fsp3) is 0.222. The van der Waals surface area contributed by atoms with E-state index in [1.807, 2.05) is 67.6 Å². The summed E-state index contributed by atoms with van der Waals surface area (Å²) in [6, 6.07) is 17.0. The minimum Gasteiger partial charge on any atom is -0.480 e. The summed E-state index contributed by atoms with van der Waals surface area (Å²) in [4.78, 5) is 23.4. The first kappa shape index (κ1) is 16.5. The summed E-state index contributed by atoms with van der Waals surface area (Å²) in [5.74, 6) is -1.06. The van der Waals surface area contributed by atoms with Gasteiger partial charge in [-0.2, -0.15) is 0 Å². The van der Waals surface area contributed by atoms with Crippen molar-refractivity contribution < 1.29 is 14.7 Å². The van der Waals surface area contributed by atoms with E-state index in [4.69, 9.17) is 0 Å². The third-order valence-corrected chi connectivity index (χ3v) is 3.53. The normalized spacial score (nSPS) is 12.9. The Morgan fingerprint density at radius 3 is 2.09 bits per heavy atom. The number of benzene rings is 2. The SMILES string of the molecule is C[C@H](NC(=O)N[C@@H](Cc1ccccc1)C(=O)O)c1ccccc1. The number of urea groups is 1. The summed E-state index contributed by atoms with van der Waals surface area (Å²) < 4.78 is 0. The van der Waals surface area contributed by atoms with Gasteiger partial charge in [-0.25, -0.2) is 9.59 Å². The van der Waals surface area contributed by atoms with Crippen LogP contribution in [0, 0.1) is 0 Å². The zero-order valence-electron chi connectivity index (χ0n) is 12.9. The number of carboxylic acids is 1. The van der Waals surface area contributed by atoms with Crippen molar-refractivity contribution in [3.05, 3.63) is 71.8 Å². The third kappa shape index (κ3) is 5.14. The molecular weight excluding hydrogens is 292 g/mol. The number of rotatable bonds is 6. The molecule has 2 aromatic carbocycles. The molecule has 0 saturated heterocycles. The molecule has 120 valence electrons. The van der Waals surface area contributed by atoms with E-state index in [0.717, 1.165) is 11.1 Å². The molecule has 0 unspecified atom stereocenters.